The zero-order valence-corrected chi connectivity index (χ0v) is 11.7. The molecule has 2 aromatic rings. The summed E-state index contributed by atoms with van der Waals surface area (Å²) in [6.45, 7) is 2.50. The Balaban J connectivity index is 2.44. The van der Waals surface area contributed by atoms with Gasteiger partial charge in [-0.1, -0.05) is 6.07 Å². The molecule has 1 aromatic carbocycles. The van der Waals surface area contributed by atoms with Crippen molar-refractivity contribution in [1.82, 2.24) is 9.97 Å². The van der Waals surface area contributed by atoms with Gasteiger partial charge in [-0.3, -0.25) is 0 Å². The molecule has 102 valence electrons. The molecule has 3 nitrogen and oxygen atoms in total. The van der Waals surface area contributed by atoms with E-state index in [0.29, 0.717) is 21.2 Å². The van der Waals surface area contributed by atoms with Crippen LogP contribution in [0.2, 0.25) is 0 Å². The van der Waals surface area contributed by atoms with E-state index >= 15 is 0 Å². The average molecular weight is 335 g/mol. The van der Waals surface area contributed by atoms with E-state index in [9.17, 15) is 13.2 Å². The molecule has 0 amide bonds. The van der Waals surface area contributed by atoms with Gasteiger partial charge >= 0.3 is 6.18 Å². The fraction of sp³-hybridized carbons (Fsp3) is 0.333. The summed E-state index contributed by atoms with van der Waals surface area (Å²) in [5.74, 6) is -0.107. The molecule has 0 aliphatic rings. The first-order valence-corrected chi connectivity index (χ1v) is 6.24. The number of nitrogens with zero attached hydrogens (tertiary/aromatic N) is 2. The molecule has 0 aliphatic carbocycles. The molecule has 0 fully saturated rings. The van der Waals surface area contributed by atoms with Gasteiger partial charge in [0.15, 0.2) is 6.10 Å². The molecule has 0 N–H and O–H groups in total. The second kappa shape index (κ2) is 4.96. The highest BCUT2D eigenvalue weighted by molar-refractivity contribution is 9.10. The molecule has 1 aromatic heterocycles. The summed E-state index contributed by atoms with van der Waals surface area (Å²) in [5, 5.41) is 0. The van der Waals surface area contributed by atoms with E-state index in [1.54, 1.807) is 25.1 Å². The third-order valence-electron chi connectivity index (χ3n) is 2.53. The molecule has 1 unspecified atom stereocenters. The predicted molar refractivity (Wildman–Crippen MR) is 68.1 cm³/mol. The lowest BCUT2D eigenvalue weighted by atomic mass is 10.3. The fourth-order valence-electron chi connectivity index (χ4n) is 1.46. The first-order chi connectivity index (χ1) is 8.79. The van der Waals surface area contributed by atoms with Gasteiger partial charge in [-0.05, 0) is 41.9 Å². The number of aromatic nitrogens is 2. The van der Waals surface area contributed by atoms with Crippen LogP contribution in [0.3, 0.4) is 0 Å². The third-order valence-corrected chi connectivity index (χ3v) is 3.17. The number of fused-ring (bicyclic) bond motifs is 1. The Morgan fingerprint density at radius 1 is 1.26 bits per heavy atom. The number of alkyl halides is 3. The Bertz CT molecular complexity index is 616. The lowest BCUT2D eigenvalue weighted by Crippen LogP contribution is -2.31. The highest BCUT2D eigenvalue weighted by Crippen LogP contribution is 2.28. The zero-order valence-electron chi connectivity index (χ0n) is 10.1. The summed E-state index contributed by atoms with van der Waals surface area (Å²) in [6.07, 6.45) is -6.36. The Hall–Kier alpha value is -1.37. The smallest absolute Gasteiger partial charge is 0.425 e. The minimum absolute atomic E-state index is 0.107. The second-order valence-corrected chi connectivity index (χ2v) is 4.88. The molecule has 7 heteroatoms. The minimum Gasteiger partial charge on any atom is -0.464 e. The van der Waals surface area contributed by atoms with Gasteiger partial charge in [0.05, 0.1) is 5.52 Å². The number of hydrogen-bond donors (Lipinski definition) is 0. The molecular formula is C12H10BrF3N2O. The molecular weight excluding hydrogens is 325 g/mol. The maximum Gasteiger partial charge on any atom is 0.425 e. The monoisotopic (exact) mass is 334 g/mol. The highest BCUT2D eigenvalue weighted by atomic mass is 79.9. The standard InChI is InChI=1S/C12H10BrF3N2O/c1-6-11(19-7(2)12(14,15)16)18-10-8(13)4-3-5-9(10)17-6/h3-5,7H,1-2H3. The van der Waals surface area contributed by atoms with E-state index in [0.717, 1.165) is 6.92 Å². The summed E-state index contributed by atoms with van der Waals surface area (Å²) >= 11 is 3.28. The van der Waals surface area contributed by atoms with Crippen molar-refractivity contribution in [3.05, 3.63) is 28.4 Å². The van der Waals surface area contributed by atoms with Crippen molar-refractivity contribution in [3.8, 4) is 5.88 Å². The highest BCUT2D eigenvalue weighted by Gasteiger charge is 2.38. The normalized spacial score (nSPS) is 13.6. The molecule has 0 bridgehead atoms. The lowest BCUT2D eigenvalue weighted by Gasteiger charge is -2.18. The van der Waals surface area contributed by atoms with E-state index in [1.807, 2.05) is 0 Å². The molecule has 1 atom stereocenters. The van der Waals surface area contributed by atoms with Crippen LogP contribution in [0.5, 0.6) is 5.88 Å². The van der Waals surface area contributed by atoms with Gasteiger partial charge in [0.1, 0.15) is 11.2 Å². The summed E-state index contributed by atoms with van der Waals surface area (Å²) in [4.78, 5) is 8.28. The van der Waals surface area contributed by atoms with Gasteiger partial charge in [-0.15, -0.1) is 0 Å². The van der Waals surface area contributed by atoms with E-state index in [-0.39, 0.29) is 5.88 Å². The van der Waals surface area contributed by atoms with Crippen molar-refractivity contribution >= 4 is 27.0 Å². The largest absolute Gasteiger partial charge is 0.464 e. The van der Waals surface area contributed by atoms with Gasteiger partial charge in [0.25, 0.3) is 0 Å². The first kappa shape index (κ1) is 14.0. The van der Waals surface area contributed by atoms with Crippen LogP contribution in [0.1, 0.15) is 12.6 Å². The Morgan fingerprint density at radius 3 is 2.58 bits per heavy atom. The van der Waals surface area contributed by atoms with E-state index in [4.69, 9.17) is 4.74 Å². The number of benzene rings is 1. The van der Waals surface area contributed by atoms with Crippen LogP contribution in [0, 0.1) is 6.92 Å². The molecule has 0 saturated carbocycles. The van der Waals surface area contributed by atoms with E-state index in [1.165, 1.54) is 0 Å². The van der Waals surface area contributed by atoms with Crippen molar-refractivity contribution in [2.75, 3.05) is 0 Å². The van der Waals surface area contributed by atoms with Crippen LogP contribution < -0.4 is 4.74 Å². The van der Waals surface area contributed by atoms with Crippen molar-refractivity contribution in [2.45, 2.75) is 26.1 Å². The van der Waals surface area contributed by atoms with Crippen LogP contribution >= 0.6 is 15.9 Å². The zero-order chi connectivity index (χ0) is 14.2. The van der Waals surface area contributed by atoms with Crippen LogP contribution in [0.25, 0.3) is 11.0 Å². The van der Waals surface area contributed by atoms with Gasteiger partial charge in [0.2, 0.25) is 5.88 Å². The molecule has 0 saturated heterocycles. The van der Waals surface area contributed by atoms with Crippen molar-refractivity contribution in [3.63, 3.8) is 0 Å². The van der Waals surface area contributed by atoms with E-state index in [2.05, 4.69) is 25.9 Å². The second-order valence-electron chi connectivity index (χ2n) is 4.02. The number of ether oxygens (including phenoxy) is 1. The number of aryl methyl sites for hydroxylation is 1. The van der Waals surface area contributed by atoms with E-state index < -0.39 is 12.3 Å². The van der Waals surface area contributed by atoms with Crippen LogP contribution in [-0.2, 0) is 0 Å². The van der Waals surface area contributed by atoms with Gasteiger partial charge in [-0.2, -0.15) is 13.2 Å². The van der Waals surface area contributed by atoms with Crippen LogP contribution in [0.15, 0.2) is 22.7 Å². The van der Waals surface area contributed by atoms with Crippen molar-refractivity contribution < 1.29 is 17.9 Å². The van der Waals surface area contributed by atoms with Crippen LogP contribution in [-0.4, -0.2) is 22.2 Å². The lowest BCUT2D eigenvalue weighted by molar-refractivity contribution is -0.190. The molecule has 0 aliphatic heterocycles. The number of rotatable bonds is 2. The predicted octanol–water partition coefficient (Wildman–Crippen LogP) is 4.03. The molecule has 1 heterocycles. The average Bonchev–Trinajstić information content (AvgIpc) is 2.30. The van der Waals surface area contributed by atoms with Crippen LogP contribution in [0.4, 0.5) is 13.2 Å². The van der Waals surface area contributed by atoms with Crippen molar-refractivity contribution in [2.24, 2.45) is 0 Å². The van der Waals surface area contributed by atoms with Gasteiger partial charge < -0.3 is 4.74 Å². The molecule has 2 rings (SSSR count). The number of para-hydroxylation sites is 1. The quantitative estimate of drug-likeness (QED) is 0.831. The van der Waals surface area contributed by atoms with Gasteiger partial charge in [0, 0.05) is 4.47 Å². The summed E-state index contributed by atoms with van der Waals surface area (Å²) < 4.78 is 42.9. The fourth-order valence-corrected chi connectivity index (χ4v) is 1.91. The SMILES string of the molecule is Cc1nc2cccc(Br)c2nc1OC(C)C(F)(F)F. The number of halogens is 4. The maximum atomic E-state index is 12.5. The first-order valence-electron chi connectivity index (χ1n) is 5.45. The number of hydrogen-bond acceptors (Lipinski definition) is 3. The maximum absolute atomic E-state index is 12.5. The molecule has 19 heavy (non-hydrogen) atoms. The Morgan fingerprint density at radius 2 is 1.95 bits per heavy atom. The van der Waals surface area contributed by atoms with Crippen molar-refractivity contribution in [1.29, 1.82) is 0 Å². The molecule has 0 spiro atoms. The Labute approximate surface area is 115 Å². The topological polar surface area (TPSA) is 35.0 Å². The minimum atomic E-state index is -4.43. The van der Waals surface area contributed by atoms with Gasteiger partial charge in [-0.25, -0.2) is 9.97 Å². The summed E-state index contributed by atoms with van der Waals surface area (Å²) in [5.41, 5.74) is 1.39. The molecule has 0 radical (unpaired) electrons. The Kier molecular flexibility index (Phi) is 3.66. The third kappa shape index (κ3) is 2.97. The summed E-state index contributed by atoms with van der Waals surface area (Å²) in [6, 6.07) is 5.25. The summed E-state index contributed by atoms with van der Waals surface area (Å²) in [7, 11) is 0.